The Labute approximate surface area is 123 Å². The van der Waals surface area contributed by atoms with Crippen molar-refractivity contribution < 1.29 is 0 Å². The van der Waals surface area contributed by atoms with Gasteiger partial charge in [0, 0.05) is 0 Å². The van der Waals surface area contributed by atoms with Crippen LogP contribution in [0.3, 0.4) is 0 Å². The summed E-state index contributed by atoms with van der Waals surface area (Å²) < 4.78 is 0. The van der Waals surface area contributed by atoms with Crippen molar-refractivity contribution in [3.63, 3.8) is 0 Å². The maximum atomic E-state index is 2.44. The average Bonchev–Trinajstić information content (AvgIpc) is 2.41. The van der Waals surface area contributed by atoms with Gasteiger partial charge in [0.15, 0.2) is 0 Å². The first-order chi connectivity index (χ1) is 9.11. The molecule has 0 heteroatoms. The summed E-state index contributed by atoms with van der Waals surface area (Å²) in [6.07, 6.45) is 17.2. The second-order valence-electron chi connectivity index (χ2n) is 6.55. The van der Waals surface area contributed by atoms with E-state index in [4.69, 9.17) is 0 Å². The van der Waals surface area contributed by atoms with Crippen LogP contribution in [-0.2, 0) is 0 Å². The molecule has 114 valence electrons. The third-order valence-electron chi connectivity index (χ3n) is 4.60. The summed E-state index contributed by atoms with van der Waals surface area (Å²) in [6, 6.07) is 0. The maximum Gasteiger partial charge on any atom is -0.0265 e. The summed E-state index contributed by atoms with van der Waals surface area (Å²) >= 11 is 0. The van der Waals surface area contributed by atoms with Crippen LogP contribution in [0.4, 0.5) is 0 Å². The Morgan fingerprint density at radius 3 is 2.05 bits per heavy atom. The van der Waals surface area contributed by atoms with Crippen LogP contribution in [0, 0.1) is 17.8 Å². The second kappa shape index (κ2) is 12.8. The minimum absolute atomic E-state index is 0.765. The lowest BCUT2D eigenvalue weighted by molar-refractivity contribution is 0.330. The fourth-order valence-corrected chi connectivity index (χ4v) is 2.57. The van der Waals surface area contributed by atoms with Crippen LogP contribution in [0.5, 0.6) is 0 Å². The number of hydrogen-bond acceptors (Lipinski definition) is 0. The summed E-state index contributed by atoms with van der Waals surface area (Å²) in [5.74, 6) is 2.61. The molecule has 0 saturated heterocycles. The SMILES string of the molecule is CCCC(C)C(C)CCCCCCC=CC(C)CC. The van der Waals surface area contributed by atoms with E-state index in [2.05, 4.69) is 46.8 Å². The second-order valence-corrected chi connectivity index (χ2v) is 6.55. The molecule has 0 amide bonds. The minimum atomic E-state index is 0.765. The van der Waals surface area contributed by atoms with E-state index in [9.17, 15) is 0 Å². The van der Waals surface area contributed by atoms with Crippen molar-refractivity contribution in [3.8, 4) is 0 Å². The number of hydrogen-bond donors (Lipinski definition) is 0. The largest absolute Gasteiger partial charge is 0.0883 e. The molecule has 0 aliphatic carbocycles. The maximum absolute atomic E-state index is 2.44. The zero-order valence-corrected chi connectivity index (χ0v) is 14.3. The van der Waals surface area contributed by atoms with Crippen molar-refractivity contribution in [2.75, 3.05) is 0 Å². The zero-order chi connectivity index (χ0) is 14.5. The molecule has 0 heterocycles. The predicted molar refractivity (Wildman–Crippen MR) is 89.5 cm³/mol. The Morgan fingerprint density at radius 1 is 0.789 bits per heavy atom. The van der Waals surface area contributed by atoms with E-state index >= 15 is 0 Å². The molecule has 0 rings (SSSR count). The summed E-state index contributed by atoms with van der Waals surface area (Å²) in [4.78, 5) is 0. The molecule has 0 fully saturated rings. The smallest absolute Gasteiger partial charge is 0.0265 e. The van der Waals surface area contributed by atoms with Gasteiger partial charge in [-0.2, -0.15) is 0 Å². The van der Waals surface area contributed by atoms with Gasteiger partial charge in [-0.15, -0.1) is 0 Å². The summed E-state index contributed by atoms with van der Waals surface area (Å²) in [7, 11) is 0. The number of unbranched alkanes of at least 4 members (excludes halogenated alkanes) is 4. The van der Waals surface area contributed by atoms with Gasteiger partial charge in [-0.3, -0.25) is 0 Å². The first kappa shape index (κ1) is 18.7. The molecule has 3 atom stereocenters. The lowest BCUT2D eigenvalue weighted by Gasteiger charge is -2.18. The highest BCUT2D eigenvalue weighted by Gasteiger charge is 2.10. The summed E-state index contributed by atoms with van der Waals surface area (Å²) in [5.41, 5.74) is 0. The van der Waals surface area contributed by atoms with Crippen molar-refractivity contribution in [1.82, 2.24) is 0 Å². The quantitative estimate of drug-likeness (QED) is 0.263. The van der Waals surface area contributed by atoms with Crippen LogP contribution < -0.4 is 0 Å². The van der Waals surface area contributed by atoms with Crippen LogP contribution in [0.1, 0.15) is 92.4 Å². The lowest BCUT2D eigenvalue weighted by atomic mass is 9.87. The van der Waals surface area contributed by atoms with E-state index in [1.807, 2.05) is 0 Å². The molecule has 0 saturated carbocycles. The average molecular weight is 267 g/mol. The Hall–Kier alpha value is -0.260. The highest BCUT2D eigenvalue weighted by Crippen LogP contribution is 2.22. The van der Waals surface area contributed by atoms with Gasteiger partial charge in [0.05, 0.1) is 0 Å². The van der Waals surface area contributed by atoms with Crippen molar-refractivity contribution >= 4 is 0 Å². The van der Waals surface area contributed by atoms with Gasteiger partial charge in [0.1, 0.15) is 0 Å². The van der Waals surface area contributed by atoms with Gasteiger partial charge >= 0.3 is 0 Å². The topological polar surface area (TPSA) is 0 Å². The normalized spacial score (nSPS) is 16.7. The van der Waals surface area contributed by atoms with Crippen LogP contribution >= 0.6 is 0 Å². The molecule has 0 radical (unpaired) electrons. The molecule has 0 nitrogen and oxygen atoms in total. The minimum Gasteiger partial charge on any atom is -0.0883 e. The van der Waals surface area contributed by atoms with Crippen LogP contribution in [0.2, 0.25) is 0 Å². The van der Waals surface area contributed by atoms with E-state index in [-0.39, 0.29) is 0 Å². The third kappa shape index (κ3) is 11.3. The lowest BCUT2D eigenvalue weighted by Crippen LogP contribution is -2.07. The molecular formula is C19H38. The Morgan fingerprint density at radius 2 is 1.42 bits per heavy atom. The zero-order valence-electron chi connectivity index (χ0n) is 14.3. The van der Waals surface area contributed by atoms with Crippen molar-refractivity contribution in [1.29, 1.82) is 0 Å². The third-order valence-corrected chi connectivity index (χ3v) is 4.60. The molecule has 0 aromatic heterocycles. The first-order valence-electron chi connectivity index (χ1n) is 8.78. The van der Waals surface area contributed by atoms with Crippen LogP contribution in [0.25, 0.3) is 0 Å². The van der Waals surface area contributed by atoms with Gasteiger partial charge < -0.3 is 0 Å². The monoisotopic (exact) mass is 266 g/mol. The molecule has 0 aliphatic rings. The van der Waals surface area contributed by atoms with E-state index in [0.29, 0.717) is 0 Å². The predicted octanol–water partition coefficient (Wildman–Crippen LogP) is 7.00. The van der Waals surface area contributed by atoms with Gasteiger partial charge in [-0.05, 0) is 30.6 Å². The fraction of sp³-hybridized carbons (Fsp3) is 0.895. The molecule has 19 heavy (non-hydrogen) atoms. The first-order valence-corrected chi connectivity index (χ1v) is 8.78. The van der Waals surface area contributed by atoms with E-state index < -0.39 is 0 Å². The molecular weight excluding hydrogens is 228 g/mol. The summed E-state index contributed by atoms with van der Waals surface area (Å²) in [5, 5.41) is 0. The summed E-state index contributed by atoms with van der Waals surface area (Å²) in [6.45, 7) is 11.7. The molecule has 0 bridgehead atoms. The standard InChI is InChI=1S/C19H38/c1-6-14-18(4)19(5)16-13-11-9-8-10-12-15-17(3)7-2/h12,15,17-19H,6-11,13-14,16H2,1-5H3. The van der Waals surface area contributed by atoms with Gasteiger partial charge in [-0.1, -0.05) is 91.7 Å². The Balaban J connectivity index is 3.38. The molecule has 0 aliphatic heterocycles. The van der Waals surface area contributed by atoms with Gasteiger partial charge in [-0.25, -0.2) is 0 Å². The van der Waals surface area contributed by atoms with Crippen LogP contribution in [0.15, 0.2) is 12.2 Å². The molecule has 0 spiro atoms. The molecule has 3 unspecified atom stereocenters. The van der Waals surface area contributed by atoms with Gasteiger partial charge in [0.2, 0.25) is 0 Å². The van der Waals surface area contributed by atoms with Crippen molar-refractivity contribution in [2.45, 2.75) is 92.4 Å². The van der Waals surface area contributed by atoms with Gasteiger partial charge in [0.25, 0.3) is 0 Å². The van der Waals surface area contributed by atoms with Crippen molar-refractivity contribution in [2.24, 2.45) is 17.8 Å². The highest BCUT2D eigenvalue weighted by atomic mass is 14.2. The molecule has 0 aromatic rings. The van der Waals surface area contributed by atoms with E-state index in [1.54, 1.807) is 0 Å². The fourth-order valence-electron chi connectivity index (χ4n) is 2.57. The number of rotatable bonds is 12. The molecule has 0 N–H and O–H groups in total. The molecule has 0 aromatic carbocycles. The van der Waals surface area contributed by atoms with Crippen LogP contribution in [-0.4, -0.2) is 0 Å². The van der Waals surface area contributed by atoms with E-state index in [0.717, 1.165) is 17.8 Å². The number of allylic oxidation sites excluding steroid dienone is 2. The Bertz CT molecular complexity index is 204. The highest BCUT2D eigenvalue weighted by molar-refractivity contribution is 4.85. The van der Waals surface area contributed by atoms with Crippen molar-refractivity contribution in [3.05, 3.63) is 12.2 Å². The Kier molecular flexibility index (Phi) is 12.6. The van der Waals surface area contributed by atoms with E-state index in [1.165, 1.54) is 57.8 Å².